The second-order valence-corrected chi connectivity index (χ2v) is 9.83. The summed E-state index contributed by atoms with van der Waals surface area (Å²) in [5, 5.41) is 9.08. The quantitative estimate of drug-likeness (QED) is 0.395. The molecule has 13 heteroatoms. The molecular formula is C22H28F3N3O6S. The number of methoxy groups -OCH3 is 1. The van der Waals surface area contributed by atoms with Crippen LogP contribution in [0.25, 0.3) is 0 Å². The number of hydrogen-bond donors (Lipinski definition) is 2. The molecule has 1 aliphatic heterocycles. The van der Waals surface area contributed by atoms with E-state index in [0.29, 0.717) is 11.1 Å². The van der Waals surface area contributed by atoms with Crippen molar-refractivity contribution in [3.63, 3.8) is 0 Å². The first kappa shape index (κ1) is 28.2. The van der Waals surface area contributed by atoms with Crippen LogP contribution in [0.3, 0.4) is 0 Å². The Kier molecular flexibility index (Phi) is 8.95. The number of hydrogen-bond acceptors (Lipinski definition) is 7. The summed E-state index contributed by atoms with van der Waals surface area (Å²) in [7, 11) is -3.02. The monoisotopic (exact) mass is 519 g/mol. The summed E-state index contributed by atoms with van der Waals surface area (Å²) >= 11 is 0. The lowest BCUT2D eigenvalue weighted by Crippen LogP contribution is -2.58. The molecule has 0 bridgehead atoms. The smallest absolute Gasteiger partial charge is 0.412 e. The van der Waals surface area contributed by atoms with Crippen molar-refractivity contribution in [2.24, 2.45) is 5.73 Å². The molecule has 35 heavy (non-hydrogen) atoms. The van der Waals surface area contributed by atoms with Crippen LogP contribution in [0.15, 0.2) is 46.6 Å². The van der Waals surface area contributed by atoms with Gasteiger partial charge in [0.1, 0.15) is 6.04 Å². The predicted molar refractivity (Wildman–Crippen MR) is 120 cm³/mol. The number of carboxylic acids is 1. The number of piperazine rings is 1. The number of sulfonamides is 1. The SMILES string of the molecule is CC/C(=C\C=C(/N)N1CCN(S(=O)(=O)c2ccc(C)c(CC(=O)O)c2)C[C@H]1C(=O)OC)C(F)(F)F. The van der Waals surface area contributed by atoms with Crippen molar-refractivity contribution in [1.82, 2.24) is 9.21 Å². The zero-order valence-electron chi connectivity index (χ0n) is 19.5. The molecule has 194 valence electrons. The molecule has 2 rings (SSSR count). The summed E-state index contributed by atoms with van der Waals surface area (Å²) in [6.45, 7) is 2.44. The van der Waals surface area contributed by atoms with Crippen molar-refractivity contribution in [2.45, 2.75) is 43.8 Å². The maximum Gasteiger partial charge on any atom is 0.412 e. The molecule has 1 aromatic carbocycles. The van der Waals surface area contributed by atoms with Crippen molar-refractivity contribution >= 4 is 22.0 Å². The molecule has 1 saturated heterocycles. The number of halogens is 3. The topological polar surface area (TPSA) is 130 Å². The molecule has 3 N–H and O–H groups in total. The number of nitrogens with zero attached hydrogens (tertiary/aromatic N) is 2. The molecule has 1 aromatic rings. The number of aliphatic carboxylic acids is 1. The zero-order valence-corrected chi connectivity index (χ0v) is 20.3. The van der Waals surface area contributed by atoms with Crippen molar-refractivity contribution in [2.75, 3.05) is 26.7 Å². The minimum absolute atomic E-state index is 0.0868. The molecule has 0 radical (unpaired) electrons. The molecule has 0 amide bonds. The Hall–Kier alpha value is -3.06. The average molecular weight is 520 g/mol. The highest BCUT2D eigenvalue weighted by molar-refractivity contribution is 7.89. The summed E-state index contributed by atoms with van der Waals surface area (Å²) in [4.78, 5) is 24.7. The van der Waals surface area contributed by atoms with Crippen molar-refractivity contribution in [3.05, 3.63) is 52.9 Å². The first-order chi connectivity index (χ1) is 16.2. The van der Waals surface area contributed by atoms with E-state index in [9.17, 15) is 31.2 Å². The molecule has 1 aliphatic rings. The van der Waals surface area contributed by atoms with Crippen LogP contribution in [0, 0.1) is 6.92 Å². The third-order valence-corrected chi connectivity index (χ3v) is 7.51. The van der Waals surface area contributed by atoms with Crippen LogP contribution in [0.4, 0.5) is 13.2 Å². The number of ether oxygens (including phenoxy) is 1. The number of alkyl halides is 3. The predicted octanol–water partition coefficient (Wildman–Crippen LogP) is 2.17. The van der Waals surface area contributed by atoms with E-state index in [0.717, 1.165) is 23.6 Å². The molecule has 0 aromatic heterocycles. The van der Waals surface area contributed by atoms with Crippen LogP contribution in [-0.2, 0) is 30.8 Å². The van der Waals surface area contributed by atoms with Crippen LogP contribution < -0.4 is 5.73 Å². The highest BCUT2D eigenvalue weighted by atomic mass is 32.2. The highest BCUT2D eigenvalue weighted by Crippen LogP contribution is 2.28. The number of carbonyl (C=O) groups is 2. The molecule has 9 nitrogen and oxygen atoms in total. The molecule has 0 spiro atoms. The van der Waals surface area contributed by atoms with Crippen LogP contribution in [0.2, 0.25) is 0 Å². The largest absolute Gasteiger partial charge is 0.481 e. The first-order valence-electron chi connectivity index (χ1n) is 10.6. The van der Waals surface area contributed by atoms with E-state index in [1.54, 1.807) is 6.92 Å². The minimum Gasteiger partial charge on any atom is -0.481 e. The Balaban J connectivity index is 2.36. The van der Waals surface area contributed by atoms with E-state index in [4.69, 9.17) is 15.6 Å². The van der Waals surface area contributed by atoms with Crippen LogP contribution >= 0.6 is 0 Å². The Labute approximate surface area is 201 Å². The van der Waals surface area contributed by atoms with Gasteiger partial charge in [0.05, 0.1) is 24.2 Å². The second-order valence-electron chi connectivity index (χ2n) is 7.89. The molecule has 0 saturated carbocycles. The zero-order chi connectivity index (χ0) is 26.6. The summed E-state index contributed by atoms with van der Waals surface area (Å²) in [6.07, 6.45) is -3.32. The van der Waals surface area contributed by atoms with Gasteiger partial charge in [-0.2, -0.15) is 17.5 Å². The van der Waals surface area contributed by atoms with E-state index >= 15 is 0 Å². The van der Waals surface area contributed by atoms with Crippen LogP contribution in [-0.4, -0.2) is 73.6 Å². The normalized spacial score (nSPS) is 18.5. The van der Waals surface area contributed by atoms with Crippen molar-refractivity contribution < 1.29 is 41.0 Å². The van der Waals surface area contributed by atoms with E-state index < -0.39 is 39.8 Å². The maximum absolute atomic E-state index is 13.3. The fraction of sp³-hybridized carbons (Fsp3) is 0.455. The maximum atomic E-state index is 13.3. The lowest BCUT2D eigenvalue weighted by Gasteiger charge is -2.40. The highest BCUT2D eigenvalue weighted by Gasteiger charge is 2.39. The first-order valence-corrected chi connectivity index (χ1v) is 12.1. The van der Waals surface area contributed by atoms with Crippen molar-refractivity contribution in [3.8, 4) is 0 Å². The Morgan fingerprint density at radius 3 is 2.46 bits per heavy atom. The lowest BCUT2D eigenvalue weighted by atomic mass is 10.1. The number of nitrogens with two attached hydrogens (primary N) is 1. The summed E-state index contributed by atoms with van der Waals surface area (Å²) in [6, 6.07) is 2.92. The third kappa shape index (κ3) is 6.75. The van der Waals surface area contributed by atoms with Gasteiger partial charge >= 0.3 is 18.1 Å². The second kappa shape index (κ2) is 11.1. The van der Waals surface area contributed by atoms with Gasteiger partial charge in [0.2, 0.25) is 10.0 Å². The number of carbonyl (C=O) groups excluding carboxylic acids is 1. The summed E-state index contributed by atoms with van der Waals surface area (Å²) in [5.41, 5.74) is 6.10. The number of allylic oxidation sites excluding steroid dienone is 3. The number of esters is 1. The van der Waals surface area contributed by atoms with Gasteiger partial charge in [-0.1, -0.05) is 19.1 Å². The van der Waals surface area contributed by atoms with E-state index in [1.807, 2.05) is 0 Å². The van der Waals surface area contributed by atoms with Gasteiger partial charge in [0.15, 0.2) is 0 Å². The van der Waals surface area contributed by atoms with E-state index in [2.05, 4.69) is 0 Å². The van der Waals surface area contributed by atoms with Gasteiger partial charge in [0, 0.05) is 25.2 Å². The van der Waals surface area contributed by atoms with E-state index in [1.165, 1.54) is 30.0 Å². The third-order valence-electron chi connectivity index (χ3n) is 5.65. The minimum atomic E-state index is -4.53. The number of carboxylic acid groups (broad SMARTS) is 1. The van der Waals surface area contributed by atoms with Crippen LogP contribution in [0.1, 0.15) is 24.5 Å². The van der Waals surface area contributed by atoms with Gasteiger partial charge in [-0.05, 0) is 42.7 Å². The number of benzene rings is 1. The molecule has 1 heterocycles. The molecule has 1 atom stereocenters. The number of aryl methyl sites for hydroxylation is 1. The Morgan fingerprint density at radius 1 is 1.26 bits per heavy atom. The molecular weight excluding hydrogens is 491 g/mol. The fourth-order valence-corrected chi connectivity index (χ4v) is 5.12. The van der Waals surface area contributed by atoms with Gasteiger partial charge in [-0.25, -0.2) is 13.2 Å². The van der Waals surface area contributed by atoms with Gasteiger partial charge in [0.25, 0.3) is 0 Å². The Morgan fingerprint density at radius 2 is 1.91 bits per heavy atom. The van der Waals surface area contributed by atoms with Gasteiger partial charge in [-0.15, -0.1) is 0 Å². The summed E-state index contributed by atoms with van der Waals surface area (Å²) < 4.78 is 71.4. The molecule has 0 aliphatic carbocycles. The molecule has 0 unspecified atom stereocenters. The standard InChI is InChI=1S/C22H28F3N3O6S/c1-4-16(22(23,24)25)6-8-19(26)28-10-9-27(13-18(28)21(31)34-3)35(32,33)17-7-5-14(2)15(11-17)12-20(29)30/h5-8,11,18H,4,9-10,12-13,26H2,1-3H3,(H,29,30)/b16-6+,19-8+/t18-/m0/s1. The summed E-state index contributed by atoms with van der Waals surface area (Å²) in [5.74, 6) is -2.07. The van der Waals surface area contributed by atoms with Crippen LogP contribution in [0.5, 0.6) is 0 Å². The average Bonchev–Trinajstić information content (AvgIpc) is 2.78. The van der Waals surface area contributed by atoms with Crippen molar-refractivity contribution in [1.29, 1.82) is 0 Å². The molecule has 1 fully saturated rings. The van der Waals surface area contributed by atoms with Gasteiger partial charge < -0.3 is 20.5 Å². The van der Waals surface area contributed by atoms with E-state index in [-0.39, 0.29) is 43.2 Å². The number of rotatable bonds is 8. The Bertz CT molecular complexity index is 1130. The fourth-order valence-electron chi connectivity index (χ4n) is 3.63. The lowest BCUT2D eigenvalue weighted by molar-refractivity contribution is -0.147. The van der Waals surface area contributed by atoms with Gasteiger partial charge in [-0.3, -0.25) is 4.79 Å².